The van der Waals surface area contributed by atoms with Crippen molar-refractivity contribution in [3.05, 3.63) is 82.9 Å². The van der Waals surface area contributed by atoms with Gasteiger partial charge in [0, 0.05) is 11.1 Å². The molecule has 0 aliphatic carbocycles. The van der Waals surface area contributed by atoms with Gasteiger partial charge in [0.25, 0.3) is 0 Å². The zero-order valence-corrected chi connectivity index (χ0v) is 11.8. The molecule has 0 atom stereocenters. The lowest BCUT2D eigenvalue weighted by Gasteiger charge is -1.94. The Balaban J connectivity index is 1.98. The smallest absolute Gasteiger partial charge is 0.178 e. The lowest BCUT2D eigenvalue weighted by Crippen LogP contribution is -1.86. The minimum atomic E-state index is -0.140. The van der Waals surface area contributed by atoms with Crippen molar-refractivity contribution < 1.29 is 14.4 Å². The number of benzene rings is 2. The molecule has 0 amide bonds. The predicted molar refractivity (Wildman–Crippen MR) is 86.7 cm³/mol. The first-order valence-electron chi connectivity index (χ1n) is 6.72. The average molecular weight is 290 g/mol. The van der Waals surface area contributed by atoms with E-state index in [1.807, 2.05) is 0 Å². The molecule has 0 aromatic heterocycles. The molecule has 0 aliphatic rings. The molecule has 0 fully saturated rings. The fourth-order valence-electron chi connectivity index (χ4n) is 1.78. The summed E-state index contributed by atoms with van der Waals surface area (Å²) >= 11 is 0. The highest BCUT2D eigenvalue weighted by atomic mass is 16.1. The summed E-state index contributed by atoms with van der Waals surface area (Å²) in [4.78, 5) is 32.8. The second-order valence-corrected chi connectivity index (χ2v) is 4.64. The Hall–Kier alpha value is -3.07. The van der Waals surface area contributed by atoms with E-state index in [1.54, 1.807) is 60.7 Å². The second kappa shape index (κ2) is 7.64. The third kappa shape index (κ3) is 4.49. The summed E-state index contributed by atoms with van der Waals surface area (Å²) in [6.07, 6.45) is 7.86. The van der Waals surface area contributed by atoms with E-state index in [2.05, 4.69) is 0 Å². The minimum absolute atomic E-state index is 0.140. The molecule has 0 saturated carbocycles. The number of ketones is 1. The van der Waals surface area contributed by atoms with Crippen LogP contribution in [0.4, 0.5) is 0 Å². The first-order valence-corrected chi connectivity index (χ1v) is 6.72. The van der Waals surface area contributed by atoms with E-state index in [4.69, 9.17) is 0 Å². The molecule has 0 N–H and O–H groups in total. The summed E-state index contributed by atoms with van der Waals surface area (Å²) in [5.41, 5.74) is 2.90. The lowest BCUT2D eigenvalue weighted by atomic mass is 10.1. The normalized spacial score (nSPS) is 10.9. The third-order valence-corrected chi connectivity index (χ3v) is 3.03. The Morgan fingerprint density at radius 3 is 1.23 bits per heavy atom. The fourth-order valence-corrected chi connectivity index (χ4v) is 1.78. The summed E-state index contributed by atoms with van der Waals surface area (Å²) in [7, 11) is 0. The number of hydrogen-bond donors (Lipinski definition) is 0. The molecule has 0 unspecified atom stereocenters. The van der Waals surface area contributed by atoms with Crippen molar-refractivity contribution in [1.82, 2.24) is 0 Å². The van der Waals surface area contributed by atoms with E-state index < -0.39 is 0 Å². The van der Waals surface area contributed by atoms with Crippen LogP contribution in [0, 0.1) is 0 Å². The third-order valence-electron chi connectivity index (χ3n) is 3.03. The Kier molecular flexibility index (Phi) is 5.32. The molecule has 0 saturated heterocycles. The van der Waals surface area contributed by atoms with Crippen LogP contribution in [0.2, 0.25) is 0 Å². The van der Waals surface area contributed by atoms with Crippen molar-refractivity contribution in [2.24, 2.45) is 0 Å². The van der Waals surface area contributed by atoms with Crippen molar-refractivity contribution in [2.45, 2.75) is 0 Å². The van der Waals surface area contributed by atoms with Gasteiger partial charge in [-0.2, -0.15) is 0 Å². The van der Waals surface area contributed by atoms with Crippen molar-refractivity contribution in [3.63, 3.8) is 0 Å². The van der Waals surface area contributed by atoms with Gasteiger partial charge in [0.1, 0.15) is 12.6 Å². The maximum atomic E-state index is 11.7. The zero-order valence-electron chi connectivity index (χ0n) is 11.8. The first-order chi connectivity index (χ1) is 10.7. The van der Waals surface area contributed by atoms with Crippen molar-refractivity contribution in [3.8, 4) is 0 Å². The maximum absolute atomic E-state index is 11.7. The molecular formula is C19H14O3. The van der Waals surface area contributed by atoms with E-state index in [0.717, 1.165) is 23.7 Å². The fraction of sp³-hybridized carbons (Fsp3) is 0. The van der Waals surface area contributed by atoms with Crippen LogP contribution in [0.25, 0.3) is 12.2 Å². The average Bonchev–Trinajstić information content (AvgIpc) is 2.59. The number of carbonyl (C=O) groups excluding carboxylic acids is 3. The highest BCUT2D eigenvalue weighted by Gasteiger charge is 1.93. The molecule has 0 spiro atoms. The molecule has 22 heavy (non-hydrogen) atoms. The highest BCUT2D eigenvalue weighted by molar-refractivity contribution is 6.04. The zero-order chi connectivity index (χ0) is 15.8. The summed E-state index contributed by atoms with van der Waals surface area (Å²) in [6.45, 7) is 0. The molecule has 0 bridgehead atoms. The topological polar surface area (TPSA) is 51.2 Å². The molecule has 2 aromatic carbocycles. The number of rotatable bonds is 6. The molecule has 0 heterocycles. The number of aldehydes is 2. The van der Waals surface area contributed by atoms with E-state index in [0.29, 0.717) is 11.1 Å². The van der Waals surface area contributed by atoms with Crippen LogP contribution in [0.1, 0.15) is 31.8 Å². The number of carbonyl (C=O) groups is 3. The molecule has 0 aliphatic heterocycles. The van der Waals surface area contributed by atoms with Gasteiger partial charge < -0.3 is 0 Å². The molecule has 3 heteroatoms. The Morgan fingerprint density at radius 1 is 0.591 bits per heavy atom. The molecule has 108 valence electrons. The summed E-state index contributed by atoms with van der Waals surface area (Å²) < 4.78 is 0. The quantitative estimate of drug-likeness (QED) is 0.603. The van der Waals surface area contributed by atoms with E-state index >= 15 is 0 Å². The van der Waals surface area contributed by atoms with Gasteiger partial charge in [0.2, 0.25) is 0 Å². The van der Waals surface area contributed by atoms with Crippen molar-refractivity contribution in [2.75, 3.05) is 0 Å². The lowest BCUT2D eigenvalue weighted by molar-refractivity contribution is -0.110. The van der Waals surface area contributed by atoms with Gasteiger partial charge in [-0.3, -0.25) is 14.4 Å². The van der Waals surface area contributed by atoms with Crippen molar-refractivity contribution in [1.29, 1.82) is 0 Å². The molecule has 0 radical (unpaired) electrons. The van der Waals surface area contributed by atoms with Crippen LogP contribution in [0.5, 0.6) is 0 Å². The van der Waals surface area contributed by atoms with Crippen LogP contribution in [0.15, 0.2) is 60.7 Å². The highest BCUT2D eigenvalue weighted by Crippen LogP contribution is 2.06. The Bertz CT molecular complexity index is 657. The van der Waals surface area contributed by atoms with Gasteiger partial charge in [-0.05, 0) is 23.3 Å². The van der Waals surface area contributed by atoms with Gasteiger partial charge in [0.05, 0.1) is 0 Å². The van der Waals surface area contributed by atoms with Crippen LogP contribution in [-0.2, 0) is 4.79 Å². The number of hydrogen-bond acceptors (Lipinski definition) is 3. The minimum Gasteiger partial charge on any atom is -0.298 e. The first kappa shape index (κ1) is 15.3. The van der Waals surface area contributed by atoms with Gasteiger partial charge in [-0.15, -0.1) is 0 Å². The van der Waals surface area contributed by atoms with Crippen LogP contribution < -0.4 is 0 Å². The Labute approximate surface area is 128 Å². The van der Waals surface area contributed by atoms with Crippen LogP contribution >= 0.6 is 0 Å². The van der Waals surface area contributed by atoms with E-state index in [1.165, 1.54) is 12.2 Å². The maximum Gasteiger partial charge on any atom is 0.178 e. The monoisotopic (exact) mass is 290 g/mol. The van der Waals surface area contributed by atoms with Gasteiger partial charge in [-0.25, -0.2) is 0 Å². The molecule has 2 rings (SSSR count). The largest absolute Gasteiger partial charge is 0.298 e. The predicted octanol–water partition coefficient (Wildman–Crippen LogP) is 3.61. The second-order valence-electron chi connectivity index (χ2n) is 4.64. The molecular weight excluding hydrogens is 276 g/mol. The van der Waals surface area contributed by atoms with Crippen molar-refractivity contribution >= 4 is 30.5 Å². The summed E-state index contributed by atoms with van der Waals surface area (Å²) in [6, 6.07) is 13.9. The van der Waals surface area contributed by atoms with E-state index in [-0.39, 0.29) is 5.78 Å². The summed E-state index contributed by atoms with van der Waals surface area (Å²) in [5, 5.41) is 0. The van der Waals surface area contributed by atoms with Crippen LogP contribution in [0.3, 0.4) is 0 Å². The summed E-state index contributed by atoms with van der Waals surface area (Å²) in [5.74, 6) is -0.140. The van der Waals surface area contributed by atoms with Gasteiger partial charge >= 0.3 is 0 Å². The van der Waals surface area contributed by atoms with Gasteiger partial charge in [-0.1, -0.05) is 60.7 Å². The number of allylic oxidation sites excluding steroid dienone is 2. The standard InChI is InChI=1S/C19H14O3/c20-13-17-5-1-15(2-6-17)9-11-19(22)12-10-16-3-7-18(14-21)8-4-16/h1-14H. The SMILES string of the molecule is O=Cc1ccc(C=CC(=O)C=Cc2ccc(C=O)cc2)cc1. The van der Waals surface area contributed by atoms with Gasteiger partial charge in [0.15, 0.2) is 5.78 Å². The molecule has 2 aromatic rings. The van der Waals surface area contributed by atoms with E-state index in [9.17, 15) is 14.4 Å². The molecule has 3 nitrogen and oxygen atoms in total. The van der Waals surface area contributed by atoms with Crippen LogP contribution in [-0.4, -0.2) is 18.4 Å². The Morgan fingerprint density at radius 2 is 0.909 bits per heavy atom.